The number of ether oxygens (including phenoxy) is 4. The molecule has 22 heavy (non-hydrogen) atoms. The Labute approximate surface area is 133 Å². The molecule has 0 bridgehead atoms. The standard InChI is InChI=1S/C16H28O5Si/c1-15(2,3)22(4,5)19-9-16(12-8-18-12)6-10-14(21-16)13-11(20-13)7-17-10/h10-14H,6-9H2,1-5H3/t10-,11+,12?,13+,14+,16+/m1/s1. The van der Waals surface area contributed by atoms with Gasteiger partial charge in [0.25, 0.3) is 0 Å². The third kappa shape index (κ3) is 2.48. The molecular weight excluding hydrogens is 300 g/mol. The van der Waals surface area contributed by atoms with Crippen molar-refractivity contribution in [2.75, 3.05) is 19.8 Å². The van der Waals surface area contributed by atoms with Crippen LogP contribution in [0.2, 0.25) is 18.1 Å². The van der Waals surface area contributed by atoms with Crippen LogP contribution >= 0.6 is 0 Å². The van der Waals surface area contributed by atoms with Crippen LogP contribution in [-0.2, 0) is 23.4 Å². The topological polar surface area (TPSA) is 52.8 Å². The van der Waals surface area contributed by atoms with Crippen LogP contribution < -0.4 is 0 Å². The molecule has 4 aliphatic heterocycles. The first-order valence-electron chi connectivity index (χ1n) is 8.42. The summed E-state index contributed by atoms with van der Waals surface area (Å²) in [7, 11) is -1.80. The minimum Gasteiger partial charge on any atom is -0.414 e. The monoisotopic (exact) mass is 328 g/mol. The van der Waals surface area contributed by atoms with Gasteiger partial charge in [0.15, 0.2) is 8.32 Å². The Morgan fingerprint density at radius 1 is 1.09 bits per heavy atom. The number of epoxide rings is 2. The van der Waals surface area contributed by atoms with Crippen LogP contribution in [0.1, 0.15) is 27.2 Å². The molecule has 0 spiro atoms. The van der Waals surface area contributed by atoms with E-state index in [0.29, 0.717) is 13.2 Å². The summed E-state index contributed by atoms with van der Waals surface area (Å²) in [5.74, 6) is 0. The van der Waals surface area contributed by atoms with Crippen molar-refractivity contribution in [1.82, 2.24) is 0 Å². The lowest BCUT2D eigenvalue weighted by atomic mass is 9.94. The first-order chi connectivity index (χ1) is 10.2. The van der Waals surface area contributed by atoms with E-state index < -0.39 is 8.32 Å². The number of rotatable bonds is 4. The predicted octanol–water partition coefficient (Wildman–Crippen LogP) is 2.10. The minimum atomic E-state index is -1.80. The van der Waals surface area contributed by atoms with Gasteiger partial charge in [0, 0.05) is 6.42 Å². The Morgan fingerprint density at radius 3 is 2.45 bits per heavy atom. The highest BCUT2D eigenvalue weighted by Crippen LogP contribution is 2.49. The van der Waals surface area contributed by atoms with Gasteiger partial charge in [0.2, 0.25) is 0 Å². The fraction of sp³-hybridized carbons (Fsp3) is 1.00. The van der Waals surface area contributed by atoms with Crippen LogP contribution in [-0.4, -0.2) is 64.3 Å². The Balaban J connectivity index is 1.48. The molecule has 0 saturated carbocycles. The van der Waals surface area contributed by atoms with Crippen LogP contribution in [0, 0.1) is 0 Å². The molecule has 4 rings (SSSR count). The smallest absolute Gasteiger partial charge is 0.192 e. The summed E-state index contributed by atoms with van der Waals surface area (Å²) in [6.45, 7) is 13.5. The van der Waals surface area contributed by atoms with Gasteiger partial charge in [-0.3, -0.25) is 0 Å². The minimum absolute atomic E-state index is 0.0611. The third-order valence-electron chi connectivity index (χ3n) is 6.11. The van der Waals surface area contributed by atoms with Crippen LogP contribution in [0.5, 0.6) is 0 Å². The van der Waals surface area contributed by atoms with Gasteiger partial charge in [-0.15, -0.1) is 0 Å². The molecule has 4 fully saturated rings. The van der Waals surface area contributed by atoms with E-state index in [1.807, 2.05) is 0 Å². The van der Waals surface area contributed by atoms with Gasteiger partial charge >= 0.3 is 0 Å². The average Bonchev–Trinajstić information content (AvgIpc) is 3.32. The zero-order valence-electron chi connectivity index (χ0n) is 14.3. The van der Waals surface area contributed by atoms with Crippen LogP contribution in [0.3, 0.4) is 0 Å². The highest BCUT2D eigenvalue weighted by Gasteiger charge is 2.64. The molecule has 6 heteroatoms. The average molecular weight is 328 g/mol. The molecule has 6 atom stereocenters. The first kappa shape index (κ1) is 15.5. The number of fused-ring (bicyclic) bond motifs is 3. The molecule has 4 saturated heterocycles. The van der Waals surface area contributed by atoms with E-state index in [9.17, 15) is 0 Å². The maximum atomic E-state index is 6.47. The Morgan fingerprint density at radius 2 is 1.82 bits per heavy atom. The summed E-state index contributed by atoms with van der Waals surface area (Å²) in [5.41, 5.74) is -0.342. The second kappa shape index (κ2) is 4.77. The van der Waals surface area contributed by atoms with Crippen LogP contribution in [0.4, 0.5) is 0 Å². The van der Waals surface area contributed by atoms with Crippen LogP contribution in [0.25, 0.3) is 0 Å². The molecule has 0 aliphatic carbocycles. The molecule has 5 nitrogen and oxygen atoms in total. The summed E-state index contributed by atoms with van der Waals surface area (Å²) in [6, 6.07) is 0. The maximum Gasteiger partial charge on any atom is 0.192 e. The zero-order chi connectivity index (χ0) is 15.8. The molecule has 0 aromatic carbocycles. The van der Waals surface area contributed by atoms with Crippen molar-refractivity contribution in [2.24, 2.45) is 0 Å². The molecule has 0 amide bonds. The molecule has 4 aliphatic rings. The number of hydrogen-bond acceptors (Lipinski definition) is 5. The van der Waals surface area contributed by atoms with Gasteiger partial charge in [-0.2, -0.15) is 0 Å². The maximum absolute atomic E-state index is 6.47. The second-order valence-electron chi connectivity index (χ2n) is 8.73. The normalized spacial score (nSPS) is 47.0. The van der Waals surface area contributed by atoms with Gasteiger partial charge in [-0.05, 0) is 18.1 Å². The van der Waals surface area contributed by atoms with Crippen molar-refractivity contribution in [3.05, 3.63) is 0 Å². The van der Waals surface area contributed by atoms with E-state index in [0.717, 1.165) is 13.0 Å². The quantitative estimate of drug-likeness (QED) is 0.584. The number of hydrogen-bond donors (Lipinski definition) is 0. The van der Waals surface area contributed by atoms with Gasteiger partial charge < -0.3 is 23.4 Å². The van der Waals surface area contributed by atoms with E-state index in [2.05, 4.69) is 33.9 Å². The Kier molecular flexibility index (Phi) is 3.37. The van der Waals surface area contributed by atoms with Crippen molar-refractivity contribution in [3.8, 4) is 0 Å². The molecule has 0 N–H and O–H groups in total. The van der Waals surface area contributed by atoms with E-state index >= 15 is 0 Å². The lowest BCUT2D eigenvalue weighted by Gasteiger charge is -2.39. The van der Waals surface area contributed by atoms with E-state index in [-0.39, 0.29) is 41.2 Å². The highest BCUT2D eigenvalue weighted by molar-refractivity contribution is 6.74. The fourth-order valence-corrected chi connectivity index (χ4v) is 4.38. The summed E-state index contributed by atoms with van der Waals surface area (Å²) in [6.07, 6.45) is 1.69. The molecular formula is C16H28O5Si. The van der Waals surface area contributed by atoms with Crippen molar-refractivity contribution < 1.29 is 23.4 Å². The predicted molar refractivity (Wildman–Crippen MR) is 83.5 cm³/mol. The third-order valence-corrected chi connectivity index (χ3v) is 10.6. The Hall–Kier alpha value is 0.0169. The van der Waals surface area contributed by atoms with E-state index in [1.165, 1.54) is 0 Å². The van der Waals surface area contributed by atoms with Crippen molar-refractivity contribution in [2.45, 2.75) is 81.4 Å². The molecule has 0 radical (unpaired) electrons. The fourth-order valence-electron chi connectivity index (χ4n) is 3.35. The first-order valence-corrected chi connectivity index (χ1v) is 11.3. The lowest BCUT2D eigenvalue weighted by molar-refractivity contribution is -0.104. The molecule has 0 aromatic rings. The molecule has 4 heterocycles. The zero-order valence-corrected chi connectivity index (χ0v) is 15.3. The largest absolute Gasteiger partial charge is 0.414 e. The van der Waals surface area contributed by atoms with Gasteiger partial charge in [0.05, 0.1) is 25.9 Å². The van der Waals surface area contributed by atoms with Gasteiger partial charge in [-0.1, -0.05) is 20.8 Å². The van der Waals surface area contributed by atoms with E-state index in [1.54, 1.807) is 0 Å². The second-order valence-corrected chi connectivity index (χ2v) is 13.5. The molecule has 1 unspecified atom stereocenters. The summed E-state index contributed by atoms with van der Waals surface area (Å²) < 4.78 is 30.2. The van der Waals surface area contributed by atoms with Crippen molar-refractivity contribution >= 4 is 8.32 Å². The van der Waals surface area contributed by atoms with Crippen molar-refractivity contribution in [3.63, 3.8) is 0 Å². The summed E-state index contributed by atoms with van der Waals surface area (Å²) in [5, 5.41) is 0.200. The summed E-state index contributed by atoms with van der Waals surface area (Å²) >= 11 is 0. The summed E-state index contributed by atoms with van der Waals surface area (Å²) in [4.78, 5) is 0. The van der Waals surface area contributed by atoms with Gasteiger partial charge in [0.1, 0.15) is 30.0 Å². The van der Waals surface area contributed by atoms with E-state index in [4.69, 9.17) is 23.4 Å². The van der Waals surface area contributed by atoms with Crippen LogP contribution in [0.15, 0.2) is 0 Å². The SMILES string of the molecule is CC(C)(C)[Si](C)(C)OC[C@]1(C2CO2)C[C@H]2OC[C@@H]3O[C@@H]3[C@H]2O1. The van der Waals surface area contributed by atoms with Crippen molar-refractivity contribution in [1.29, 1.82) is 0 Å². The highest BCUT2D eigenvalue weighted by atomic mass is 28.4. The van der Waals surface area contributed by atoms with Gasteiger partial charge in [-0.25, -0.2) is 0 Å². The molecule has 0 aromatic heterocycles. The Bertz CT molecular complexity index is 458. The lowest BCUT2D eigenvalue weighted by Crippen LogP contribution is -2.49. The molecule has 126 valence electrons.